The molecule has 6 nitrogen and oxygen atoms in total. The van der Waals surface area contributed by atoms with Crippen LogP contribution in [0.25, 0.3) is 5.69 Å². The summed E-state index contributed by atoms with van der Waals surface area (Å²) >= 11 is 13.9. The van der Waals surface area contributed by atoms with Crippen molar-refractivity contribution in [3.05, 3.63) is 57.5 Å². The summed E-state index contributed by atoms with van der Waals surface area (Å²) in [5.74, 6) is -0.159. The molecule has 2 amide bonds. The third kappa shape index (κ3) is 5.65. The predicted octanol–water partition coefficient (Wildman–Crippen LogP) is 5.01. The number of anilines is 2. The Morgan fingerprint density at radius 2 is 1.86 bits per heavy atom. The summed E-state index contributed by atoms with van der Waals surface area (Å²) in [6.45, 7) is 1.43. The average Bonchev–Trinajstić information content (AvgIpc) is 3.01. The second-order valence-electron chi connectivity index (χ2n) is 5.62. The average molecular weight is 451 g/mol. The number of nitrogens with one attached hydrogen (secondary N) is 2. The van der Waals surface area contributed by atoms with Crippen molar-refractivity contribution in [3.63, 3.8) is 0 Å². The van der Waals surface area contributed by atoms with Gasteiger partial charge in [-0.3, -0.25) is 9.59 Å². The summed E-state index contributed by atoms with van der Waals surface area (Å²) in [4.78, 5) is 23.4. The number of amides is 2. The fourth-order valence-electron chi connectivity index (χ4n) is 2.27. The minimum Gasteiger partial charge on any atom is -0.326 e. The third-order valence-electron chi connectivity index (χ3n) is 3.39. The van der Waals surface area contributed by atoms with Crippen molar-refractivity contribution in [2.24, 2.45) is 0 Å². The summed E-state index contributed by atoms with van der Waals surface area (Å²) in [6.07, 6.45) is 0. The lowest BCUT2D eigenvalue weighted by atomic mass is 10.2. The van der Waals surface area contributed by atoms with E-state index in [9.17, 15) is 9.59 Å². The highest BCUT2D eigenvalue weighted by Gasteiger charge is 2.10. The molecule has 0 radical (unpaired) electrons. The molecular weight excluding hydrogens is 436 g/mol. The molecule has 0 fully saturated rings. The van der Waals surface area contributed by atoms with E-state index in [0.717, 1.165) is 5.69 Å². The lowest BCUT2D eigenvalue weighted by molar-refractivity contribution is -0.114. The smallest absolute Gasteiger partial charge is 0.234 e. The number of nitrogens with zero attached hydrogens (tertiary/aromatic N) is 2. The molecule has 0 saturated carbocycles. The molecule has 0 aliphatic carbocycles. The Bertz CT molecular complexity index is 1060. The number of hydrogen-bond acceptors (Lipinski definition) is 6. The van der Waals surface area contributed by atoms with Crippen LogP contribution < -0.4 is 10.6 Å². The highest BCUT2D eigenvalue weighted by Crippen LogP contribution is 2.25. The summed E-state index contributed by atoms with van der Waals surface area (Å²) in [6, 6.07) is 14.2. The van der Waals surface area contributed by atoms with Crippen LogP contribution >= 0.6 is 46.9 Å². The van der Waals surface area contributed by atoms with Crippen LogP contribution in [0, 0.1) is 3.95 Å². The fraction of sp³-hybridized carbons (Fsp3) is 0.111. The van der Waals surface area contributed by atoms with E-state index >= 15 is 0 Å². The standard InChI is InChI=1S/C18H15ClN4O2S3/c1-11(24)20-13-3-2-4-14(9-13)21-16(25)10-27-17-22-23(18(26)28-17)15-7-5-12(19)6-8-15/h2-9H,10H2,1H3,(H,20,24)(H,21,25). The molecule has 3 rings (SSSR count). The zero-order valence-electron chi connectivity index (χ0n) is 14.6. The van der Waals surface area contributed by atoms with Crippen molar-refractivity contribution in [2.45, 2.75) is 11.3 Å². The van der Waals surface area contributed by atoms with E-state index in [0.29, 0.717) is 24.7 Å². The van der Waals surface area contributed by atoms with E-state index in [4.69, 9.17) is 23.8 Å². The van der Waals surface area contributed by atoms with Gasteiger partial charge in [0.15, 0.2) is 8.29 Å². The van der Waals surface area contributed by atoms with Gasteiger partial charge in [-0.2, -0.15) is 0 Å². The number of carbonyl (C=O) groups is 2. The molecule has 0 bridgehead atoms. The van der Waals surface area contributed by atoms with Gasteiger partial charge in [-0.15, -0.1) is 5.10 Å². The van der Waals surface area contributed by atoms with Gasteiger partial charge in [0.1, 0.15) is 0 Å². The van der Waals surface area contributed by atoms with Gasteiger partial charge < -0.3 is 10.6 Å². The molecule has 10 heteroatoms. The Hall–Kier alpha value is -2.20. The number of thioether (sulfide) groups is 1. The van der Waals surface area contributed by atoms with Crippen molar-refractivity contribution >= 4 is 70.1 Å². The van der Waals surface area contributed by atoms with E-state index in [1.807, 2.05) is 12.1 Å². The summed E-state index contributed by atoms with van der Waals surface area (Å²) in [7, 11) is 0. The highest BCUT2D eigenvalue weighted by atomic mass is 35.5. The Kier molecular flexibility index (Phi) is 6.84. The lowest BCUT2D eigenvalue weighted by Gasteiger charge is -2.07. The molecule has 2 aromatic carbocycles. The van der Waals surface area contributed by atoms with Crippen molar-refractivity contribution < 1.29 is 9.59 Å². The van der Waals surface area contributed by atoms with Crippen molar-refractivity contribution in [2.75, 3.05) is 16.4 Å². The van der Waals surface area contributed by atoms with Crippen LogP contribution in [0.1, 0.15) is 6.92 Å². The van der Waals surface area contributed by atoms with Crippen LogP contribution in [0.5, 0.6) is 0 Å². The molecule has 0 aliphatic heterocycles. The van der Waals surface area contributed by atoms with Crippen molar-refractivity contribution in [1.29, 1.82) is 0 Å². The minimum atomic E-state index is -0.177. The molecule has 1 aromatic heterocycles. The molecule has 144 valence electrons. The molecule has 28 heavy (non-hydrogen) atoms. The molecular formula is C18H15ClN4O2S3. The summed E-state index contributed by atoms with van der Waals surface area (Å²) in [5, 5.41) is 10.6. The van der Waals surface area contributed by atoms with Gasteiger partial charge in [-0.1, -0.05) is 40.8 Å². The van der Waals surface area contributed by atoms with E-state index in [1.165, 1.54) is 30.0 Å². The first-order chi connectivity index (χ1) is 13.4. The second-order valence-corrected chi connectivity index (χ2v) is 8.90. The maximum absolute atomic E-state index is 12.2. The van der Waals surface area contributed by atoms with Gasteiger partial charge in [0.05, 0.1) is 11.4 Å². The lowest BCUT2D eigenvalue weighted by Crippen LogP contribution is -2.14. The van der Waals surface area contributed by atoms with Crippen molar-refractivity contribution in [3.8, 4) is 5.69 Å². The zero-order chi connectivity index (χ0) is 20.1. The third-order valence-corrected chi connectivity index (χ3v) is 6.01. The first-order valence-electron chi connectivity index (χ1n) is 8.07. The molecule has 1 heterocycles. The SMILES string of the molecule is CC(=O)Nc1cccc(NC(=O)CSc2nn(-c3ccc(Cl)cc3)c(=S)s2)c1. The number of hydrogen-bond donors (Lipinski definition) is 2. The maximum Gasteiger partial charge on any atom is 0.234 e. The first kappa shape index (κ1) is 20.5. The topological polar surface area (TPSA) is 76.0 Å². The van der Waals surface area contributed by atoms with Crippen LogP contribution in [0.15, 0.2) is 52.9 Å². The predicted molar refractivity (Wildman–Crippen MR) is 117 cm³/mol. The van der Waals surface area contributed by atoms with E-state index in [-0.39, 0.29) is 17.6 Å². The normalized spacial score (nSPS) is 10.5. The number of aromatic nitrogens is 2. The van der Waals surface area contributed by atoms with Gasteiger partial charge in [0.25, 0.3) is 0 Å². The van der Waals surface area contributed by atoms with Crippen LogP contribution in [0.2, 0.25) is 5.02 Å². The van der Waals surface area contributed by atoms with E-state index in [2.05, 4.69) is 15.7 Å². The summed E-state index contributed by atoms with van der Waals surface area (Å²) in [5.41, 5.74) is 2.05. The molecule has 0 atom stereocenters. The Labute approximate surface area is 179 Å². The van der Waals surface area contributed by atoms with Gasteiger partial charge in [0, 0.05) is 23.3 Å². The molecule has 0 saturated heterocycles. The highest BCUT2D eigenvalue weighted by molar-refractivity contribution is 8.01. The molecule has 0 unspecified atom stereocenters. The monoisotopic (exact) mass is 450 g/mol. The first-order valence-corrected chi connectivity index (χ1v) is 10.7. The number of benzene rings is 2. The number of rotatable bonds is 6. The quantitative estimate of drug-likeness (QED) is 0.408. The van der Waals surface area contributed by atoms with Gasteiger partial charge in [-0.05, 0) is 54.7 Å². The van der Waals surface area contributed by atoms with Crippen LogP contribution in [-0.4, -0.2) is 27.3 Å². The number of carbonyl (C=O) groups excluding carboxylic acids is 2. The van der Waals surface area contributed by atoms with Crippen molar-refractivity contribution in [1.82, 2.24) is 9.78 Å². The Balaban J connectivity index is 1.61. The van der Waals surface area contributed by atoms with Gasteiger partial charge in [-0.25, -0.2) is 4.68 Å². The zero-order valence-corrected chi connectivity index (χ0v) is 17.8. The number of halogens is 1. The fourth-order valence-corrected chi connectivity index (χ4v) is 4.55. The van der Waals surface area contributed by atoms with Crippen LogP contribution in [-0.2, 0) is 9.59 Å². The molecule has 3 aromatic rings. The molecule has 0 aliphatic rings. The minimum absolute atomic E-state index is 0.170. The van der Waals surface area contributed by atoms with Gasteiger partial charge in [0.2, 0.25) is 11.8 Å². The Morgan fingerprint density at radius 1 is 1.18 bits per heavy atom. The van der Waals surface area contributed by atoms with E-state index < -0.39 is 0 Å². The maximum atomic E-state index is 12.2. The second kappa shape index (κ2) is 9.33. The molecule has 0 spiro atoms. The van der Waals surface area contributed by atoms with Crippen LogP contribution in [0.3, 0.4) is 0 Å². The largest absolute Gasteiger partial charge is 0.326 e. The van der Waals surface area contributed by atoms with Gasteiger partial charge >= 0.3 is 0 Å². The summed E-state index contributed by atoms with van der Waals surface area (Å²) < 4.78 is 2.93. The Morgan fingerprint density at radius 3 is 2.54 bits per heavy atom. The van der Waals surface area contributed by atoms with E-state index in [1.54, 1.807) is 41.1 Å². The van der Waals surface area contributed by atoms with Crippen LogP contribution in [0.4, 0.5) is 11.4 Å². The molecule has 2 N–H and O–H groups in total.